The van der Waals surface area contributed by atoms with Crippen molar-refractivity contribution in [1.82, 2.24) is 0 Å². The summed E-state index contributed by atoms with van der Waals surface area (Å²) in [6.45, 7) is 0. The average molecular weight is 307 g/mol. The van der Waals surface area contributed by atoms with Crippen molar-refractivity contribution in [3.05, 3.63) is 47.4 Å². The Morgan fingerprint density at radius 3 is 2.67 bits per heavy atom. The standard InChI is InChI=1S/C14H13NO5S/c1-21-7-9-3-5-12(20-9)13(17)15-10-4-2-8(14(18)19)6-11(10)16/h2-6,16H,7H2,1H3,(H,15,17)(H,18,19). The molecule has 0 aliphatic carbocycles. The number of carboxylic acids is 1. The van der Waals surface area contributed by atoms with E-state index in [2.05, 4.69) is 5.32 Å². The lowest BCUT2D eigenvalue weighted by Gasteiger charge is -2.06. The molecular formula is C14H13NO5S. The van der Waals surface area contributed by atoms with Gasteiger partial charge in [-0.3, -0.25) is 4.79 Å². The van der Waals surface area contributed by atoms with Crippen molar-refractivity contribution in [2.45, 2.75) is 5.75 Å². The predicted molar refractivity (Wildman–Crippen MR) is 78.9 cm³/mol. The van der Waals surface area contributed by atoms with Gasteiger partial charge in [0, 0.05) is 0 Å². The molecule has 6 nitrogen and oxygen atoms in total. The van der Waals surface area contributed by atoms with Crippen molar-refractivity contribution >= 4 is 29.3 Å². The van der Waals surface area contributed by atoms with Gasteiger partial charge in [0.25, 0.3) is 5.91 Å². The zero-order chi connectivity index (χ0) is 15.4. The number of carbonyl (C=O) groups excluding carboxylic acids is 1. The van der Waals surface area contributed by atoms with Gasteiger partial charge in [0.15, 0.2) is 5.76 Å². The van der Waals surface area contributed by atoms with Gasteiger partial charge in [0.2, 0.25) is 0 Å². The number of nitrogens with one attached hydrogen (secondary N) is 1. The third-order valence-electron chi connectivity index (χ3n) is 2.66. The third kappa shape index (κ3) is 3.57. The number of phenols is 1. The van der Waals surface area contributed by atoms with E-state index < -0.39 is 11.9 Å². The molecule has 0 aliphatic rings. The minimum atomic E-state index is -1.16. The Morgan fingerprint density at radius 2 is 2.05 bits per heavy atom. The van der Waals surface area contributed by atoms with Crippen LogP contribution in [0.15, 0.2) is 34.7 Å². The van der Waals surface area contributed by atoms with Crippen LogP contribution in [-0.2, 0) is 5.75 Å². The van der Waals surface area contributed by atoms with E-state index in [1.165, 1.54) is 12.1 Å². The number of aromatic hydroxyl groups is 1. The van der Waals surface area contributed by atoms with E-state index >= 15 is 0 Å². The molecule has 0 saturated carbocycles. The Labute approximate surface area is 124 Å². The van der Waals surface area contributed by atoms with Crippen LogP contribution in [0.4, 0.5) is 5.69 Å². The third-order valence-corrected chi connectivity index (χ3v) is 3.24. The second-order valence-electron chi connectivity index (χ2n) is 4.19. The van der Waals surface area contributed by atoms with Crippen LogP contribution in [0.2, 0.25) is 0 Å². The van der Waals surface area contributed by atoms with E-state index in [9.17, 15) is 14.7 Å². The molecule has 2 rings (SSSR count). The molecule has 1 amide bonds. The van der Waals surface area contributed by atoms with E-state index in [4.69, 9.17) is 9.52 Å². The van der Waals surface area contributed by atoms with Gasteiger partial charge in [0.05, 0.1) is 17.0 Å². The first-order valence-corrected chi connectivity index (χ1v) is 7.36. The highest BCUT2D eigenvalue weighted by atomic mass is 32.2. The van der Waals surface area contributed by atoms with Crippen LogP contribution in [-0.4, -0.2) is 28.3 Å². The minimum Gasteiger partial charge on any atom is -0.506 e. The molecule has 110 valence electrons. The Hall–Kier alpha value is -2.41. The number of carbonyl (C=O) groups is 2. The summed E-state index contributed by atoms with van der Waals surface area (Å²) < 4.78 is 5.35. The van der Waals surface area contributed by atoms with Gasteiger partial charge >= 0.3 is 5.97 Å². The van der Waals surface area contributed by atoms with E-state index in [0.29, 0.717) is 11.5 Å². The first kappa shape index (κ1) is 15.0. The van der Waals surface area contributed by atoms with Crippen LogP contribution in [0.3, 0.4) is 0 Å². The molecule has 1 heterocycles. The fraction of sp³-hybridized carbons (Fsp3) is 0.143. The topological polar surface area (TPSA) is 99.8 Å². The Morgan fingerprint density at radius 1 is 1.29 bits per heavy atom. The first-order valence-electron chi connectivity index (χ1n) is 5.96. The lowest BCUT2D eigenvalue weighted by molar-refractivity contribution is 0.0696. The van der Waals surface area contributed by atoms with Gasteiger partial charge < -0.3 is 19.9 Å². The lowest BCUT2D eigenvalue weighted by Crippen LogP contribution is -2.11. The number of furan rings is 1. The number of phenolic OH excluding ortho intramolecular Hbond substituents is 1. The fourth-order valence-electron chi connectivity index (χ4n) is 1.67. The Balaban J connectivity index is 2.13. The molecule has 0 aliphatic heterocycles. The van der Waals surface area contributed by atoms with Gasteiger partial charge in [-0.25, -0.2) is 4.79 Å². The fourth-order valence-corrected chi connectivity index (χ4v) is 2.11. The highest BCUT2D eigenvalue weighted by Gasteiger charge is 2.14. The van der Waals surface area contributed by atoms with Gasteiger partial charge in [-0.2, -0.15) is 11.8 Å². The average Bonchev–Trinajstić information content (AvgIpc) is 2.90. The molecule has 7 heteroatoms. The number of hydrogen-bond acceptors (Lipinski definition) is 5. The van der Waals surface area contributed by atoms with Crippen LogP contribution in [0.1, 0.15) is 26.7 Å². The molecule has 1 aromatic carbocycles. The second-order valence-corrected chi connectivity index (χ2v) is 5.06. The summed E-state index contributed by atoms with van der Waals surface area (Å²) in [5.74, 6) is -0.527. The number of thioether (sulfide) groups is 1. The second kappa shape index (κ2) is 6.36. The van der Waals surface area contributed by atoms with Gasteiger partial charge in [0.1, 0.15) is 11.5 Å². The Bertz CT molecular complexity index is 680. The van der Waals surface area contributed by atoms with Crippen molar-refractivity contribution < 1.29 is 24.2 Å². The molecule has 0 bridgehead atoms. The number of anilines is 1. The molecule has 3 N–H and O–H groups in total. The highest BCUT2D eigenvalue weighted by molar-refractivity contribution is 7.97. The summed E-state index contributed by atoms with van der Waals surface area (Å²) in [7, 11) is 0. The maximum absolute atomic E-state index is 12.0. The van der Waals surface area contributed by atoms with Gasteiger partial charge in [-0.05, 0) is 36.6 Å². The molecule has 0 fully saturated rings. The molecule has 0 unspecified atom stereocenters. The molecule has 0 radical (unpaired) electrons. The summed E-state index contributed by atoms with van der Waals surface area (Å²) in [5.41, 5.74) is 0.0542. The Kier molecular flexibility index (Phi) is 4.54. The van der Waals surface area contributed by atoms with Crippen LogP contribution in [0.25, 0.3) is 0 Å². The van der Waals surface area contributed by atoms with Crippen molar-refractivity contribution in [3.8, 4) is 5.75 Å². The van der Waals surface area contributed by atoms with E-state index in [1.54, 1.807) is 23.9 Å². The first-order chi connectivity index (χ1) is 10.0. The van der Waals surface area contributed by atoms with E-state index in [1.807, 2.05) is 6.26 Å². The number of rotatable bonds is 5. The highest BCUT2D eigenvalue weighted by Crippen LogP contribution is 2.25. The monoisotopic (exact) mass is 307 g/mol. The molecule has 0 spiro atoms. The van der Waals surface area contributed by atoms with Gasteiger partial charge in [-0.15, -0.1) is 0 Å². The quantitative estimate of drug-likeness (QED) is 0.734. The van der Waals surface area contributed by atoms with Gasteiger partial charge in [-0.1, -0.05) is 0 Å². The lowest BCUT2D eigenvalue weighted by atomic mass is 10.2. The molecule has 1 aromatic heterocycles. The molecule has 0 saturated heterocycles. The molecular weight excluding hydrogens is 294 g/mol. The van der Waals surface area contributed by atoms with E-state index in [-0.39, 0.29) is 22.8 Å². The summed E-state index contributed by atoms with van der Waals surface area (Å²) in [4.78, 5) is 22.7. The maximum Gasteiger partial charge on any atom is 0.335 e. The van der Waals surface area contributed by atoms with E-state index in [0.717, 1.165) is 6.07 Å². The smallest absolute Gasteiger partial charge is 0.335 e. The SMILES string of the molecule is CSCc1ccc(C(=O)Nc2ccc(C(=O)O)cc2O)o1. The summed E-state index contributed by atoms with van der Waals surface area (Å²) in [6, 6.07) is 6.93. The summed E-state index contributed by atoms with van der Waals surface area (Å²) in [5, 5.41) is 21.0. The zero-order valence-electron chi connectivity index (χ0n) is 11.1. The van der Waals surface area contributed by atoms with Crippen LogP contribution < -0.4 is 5.32 Å². The van der Waals surface area contributed by atoms with Crippen molar-refractivity contribution in [2.75, 3.05) is 11.6 Å². The molecule has 21 heavy (non-hydrogen) atoms. The molecule has 2 aromatic rings. The number of benzene rings is 1. The predicted octanol–water partition coefficient (Wildman–Crippen LogP) is 2.80. The summed E-state index contributed by atoms with van der Waals surface area (Å²) >= 11 is 1.57. The largest absolute Gasteiger partial charge is 0.506 e. The normalized spacial score (nSPS) is 10.3. The minimum absolute atomic E-state index is 0.0641. The number of amides is 1. The number of carboxylic acid groups (broad SMARTS) is 1. The zero-order valence-corrected chi connectivity index (χ0v) is 11.9. The maximum atomic E-state index is 12.0. The van der Waals surface area contributed by atoms with Crippen molar-refractivity contribution in [1.29, 1.82) is 0 Å². The summed E-state index contributed by atoms with van der Waals surface area (Å²) in [6.07, 6.45) is 1.92. The van der Waals surface area contributed by atoms with Crippen LogP contribution >= 0.6 is 11.8 Å². The van der Waals surface area contributed by atoms with Crippen LogP contribution in [0.5, 0.6) is 5.75 Å². The van der Waals surface area contributed by atoms with Crippen molar-refractivity contribution in [3.63, 3.8) is 0 Å². The number of aromatic carboxylic acids is 1. The molecule has 0 atom stereocenters. The number of hydrogen-bond donors (Lipinski definition) is 3. The van der Waals surface area contributed by atoms with Crippen molar-refractivity contribution in [2.24, 2.45) is 0 Å². The van der Waals surface area contributed by atoms with Crippen LogP contribution in [0, 0.1) is 0 Å².